The van der Waals surface area contributed by atoms with E-state index in [4.69, 9.17) is 9.47 Å². The fraction of sp³-hybridized carbons (Fsp3) is 0.700. The summed E-state index contributed by atoms with van der Waals surface area (Å²) in [5.74, 6) is 5.52. The average molecular weight is 197 g/mol. The van der Waals surface area contributed by atoms with Gasteiger partial charge in [-0.15, -0.1) is 11.8 Å². The van der Waals surface area contributed by atoms with Gasteiger partial charge in [0.05, 0.1) is 19.8 Å². The molecule has 0 aliphatic carbocycles. The highest BCUT2D eigenvalue weighted by Gasteiger charge is 2.21. The highest BCUT2D eigenvalue weighted by atomic mass is 16.6. The summed E-state index contributed by atoms with van der Waals surface area (Å²) < 4.78 is 10.3. The quantitative estimate of drug-likeness (QED) is 0.509. The van der Waals surface area contributed by atoms with E-state index in [1.807, 2.05) is 0 Å². The molecule has 1 saturated heterocycles. The number of hydrogen-bond donors (Lipinski definition) is 1. The van der Waals surface area contributed by atoms with E-state index in [0.717, 1.165) is 0 Å². The minimum Gasteiger partial charge on any atom is -0.376 e. The topological polar surface area (TPSA) is 47.6 Å². The van der Waals surface area contributed by atoms with Crippen molar-refractivity contribution < 1.29 is 14.3 Å². The van der Waals surface area contributed by atoms with Crippen molar-refractivity contribution >= 4 is 5.91 Å². The molecule has 1 unspecified atom stereocenters. The van der Waals surface area contributed by atoms with Gasteiger partial charge in [0, 0.05) is 13.0 Å². The largest absolute Gasteiger partial charge is 0.376 e. The zero-order valence-corrected chi connectivity index (χ0v) is 8.34. The van der Waals surface area contributed by atoms with E-state index >= 15 is 0 Å². The lowest BCUT2D eigenvalue weighted by molar-refractivity contribution is -0.147. The number of amides is 1. The van der Waals surface area contributed by atoms with Gasteiger partial charge in [-0.3, -0.25) is 4.79 Å². The first-order chi connectivity index (χ1) is 6.84. The van der Waals surface area contributed by atoms with Crippen molar-refractivity contribution in [3.8, 4) is 11.8 Å². The van der Waals surface area contributed by atoms with Crippen LogP contribution in [0.1, 0.15) is 13.3 Å². The average Bonchev–Trinajstić information content (AvgIpc) is 2.25. The third-order valence-corrected chi connectivity index (χ3v) is 1.83. The first-order valence-electron chi connectivity index (χ1n) is 4.71. The second-order valence-electron chi connectivity index (χ2n) is 2.90. The van der Waals surface area contributed by atoms with Gasteiger partial charge in [-0.05, 0) is 6.92 Å². The van der Waals surface area contributed by atoms with Gasteiger partial charge in [0.2, 0.25) is 0 Å². The van der Waals surface area contributed by atoms with E-state index in [-0.39, 0.29) is 5.91 Å². The molecule has 1 atom stereocenters. The Morgan fingerprint density at radius 2 is 2.43 bits per heavy atom. The van der Waals surface area contributed by atoms with Crippen LogP contribution in [0, 0.1) is 11.8 Å². The van der Waals surface area contributed by atoms with Gasteiger partial charge in [-0.1, -0.05) is 0 Å². The van der Waals surface area contributed by atoms with Crippen LogP contribution in [-0.4, -0.2) is 38.4 Å². The molecule has 1 rings (SSSR count). The molecule has 1 fully saturated rings. The molecule has 78 valence electrons. The third kappa shape index (κ3) is 3.77. The van der Waals surface area contributed by atoms with Gasteiger partial charge >= 0.3 is 0 Å². The number of ether oxygens (including phenoxy) is 2. The van der Waals surface area contributed by atoms with E-state index < -0.39 is 6.10 Å². The summed E-state index contributed by atoms with van der Waals surface area (Å²) in [6.45, 7) is 3.77. The summed E-state index contributed by atoms with van der Waals surface area (Å²) >= 11 is 0. The minimum atomic E-state index is -0.446. The van der Waals surface area contributed by atoms with Crippen LogP contribution in [0.5, 0.6) is 0 Å². The molecular formula is C10H15NO3. The van der Waals surface area contributed by atoms with Gasteiger partial charge < -0.3 is 14.8 Å². The molecule has 1 N–H and O–H groups in total. The smallest absolute Gasteiger partial charge is 0.251 e. The summed E-state index contributed by atoms with van der Waals surface area (Å²) in [4.78, 5) is 11.4. The molecule has 0 spiro atoms. The number of carbonyl (C=O) groups is 1. The highest BCUT2D eigenvalue weighted by Crippen LogP contribution is 2.00. The lowest BCUT2D eigenvalue weighted by Crippen LogP contribution is -2.43. The van der Waals surface area contributed by atoms with Crippen LogP contribution in [-0.2, 0) is 14.3 Å². The number of rotatable bonds is 3. The fourth-order valence-electron chi connectivity index (χ4n) is 1.13. The first-order valence-corrected chi connectivity index (χ1v) is 4.71. The van der Waals surface area contributed by atoms with E-state index in [1.54, 1.807) is 6.92 Å². The van der Waals surface area contributed by atoms with E-state index in [9.17, 15) is 4.79 Å². The lowest BCUT2D eigenvalue weighted by Gasteiger charge is -2.21. The van der Waals surface area contributed by atoms with Crippen molar-refractivity contribution in [2.45, 2.75) is 19.4 Å². The highest BCUT2D eigenvalue weighted by molar-refractivity contribution is 5.80. The van der Waals surface area contributed by atoms with Crippen molar-refractivity contribution in [3.05, 3.63) is 0 Å². The van der Waals surface area contributed by atoms with Crippen molar-refractivity contribution in [2.24, 2.45) is 0 Å². The number of carbonyl (C=O) groups excluding carboxylic acids is 1. The number of hydrogen-bond acceptors (Lipinski definition) is 3. The van der Waals surface area contributed by atoms with E-state index in [2.05, 4.69) is 17.2 Å². The Bertz CT molecular complexity index is 235. The molecule has 4 heteroatoms. The Morgan fingerprint density at radius 3 is 3.07 bits per heavy atom. The Kier molecular flexibility index (Phi) is 5.05. The molecule has 1 amide bonds. The minimum absolute atomic E-state index is 0.109. The molecule has 0 radical (unpaired) electrons. The fourth-order valence-corrected chi connectivity index (χ4v) is 1.13. The predicted octanol–water partition coefficient (Wildman–Crippen LogP) is -0.0686. The third-order valence-electron chi connectivity index (χ3n) is 1.83. The molecule has 4 nitrogen and oxygen atoms in total. The molecule has 1 aliphatic heterocycles. The van der Waals surface area contributed by atoms with Crippen LogP contribution in [0.3, 0.4) is 0 Å². The second-order valence-corrected chi connectivity index (χ2v) is 2.90. The maximum atomic E-state index is 11.4. The molecule has 0 bridgehead atoms. The van der Waals surface area contributed by atoms with Gasteiger partial charge in [-0.2, -0.15) is 0 Å². The molecule has 0 aromatic carbocycles. The maximum Gasteiger partial charge on any atom is 0.251 e. The number of nitrogens with one attached hydrogen (secondary N) is 1. The molecule has 0 aromatic rings. The van der Waals surface area contributed by atoms with Crippen molar-refractivity contribution in [2.75, 3.05) is 26.4 Å². The van der Waals surface area contributed by atoms with Crippen LogP contribution in [0.4, 0.5) is 0 Å². The Hall–Kier alpha value is -1.05. The van der Waals surface area contributed by atoms with Gasteiger partial charge in [0.25, 0.3) is 5.91 Å². The summed E-state index contributed by atoms with van der Waals surface area (Å²) in [5.41, 5.74) is 0. The van der Waals surface area contributed by atoms with Crippen LogP contribution in [0.15, 0.2) is 0 Å². The zero-order valence-electron chi connectivity index (χ0n) is 8.34. The molecule has 1 heterocycles. The normalized spacial score (nSPS) is 20.8. The Labute approximate surface area is 84.0 Å². The Morgan fingerprint density at radius 1 is 1.57 bits per heavy atom. The molecular weight excluding hydrogens is 182 g/mol. The monoisotopic (exact) mass is 197 g/mol. The van der Waals surface area contributed by atoms with Crippen LogP contribution in [0.2, 0.25) is 0 Å². The Balaban J connectivity index is 2.15. The van der Waals surface area contributed by atoms with Crippen LogP contribution >= 0.6 is 0 Å². The van der Waals surface area contributed by atoms with Gasteiger partial charge in [-0.25, -0.2) is 0 Å². The maximum absolute atomic E-state index is 11.4. The summed E-state index contributed by atoms with van der Waals surface area (Å²) in [6.07, 6.45) is 0.230. The first kappa shape index (κ1) is 11.0. The van der Waals surface area contributed by atoms with E-state index in [0.29, 0.717) is 32.8 Å². The summed E-state index contributed by atoms with van der Waals surface area (Å²) in [5, 5.41) is 2.74. The second kappa shape index (κ2) is 6.41. The summed E-state index contributed by atoms with van der Waals surface area (Å²) in [7, 11) is 0. The van der Waals surface area contributed by atoms with Gasteiger partial charge in [0.1, 0.15) is 0 Å². The van der Waals surface area contributed by atoms with Crippen molar-refractivity contribution in [1.29, 1.82) is 0 Å². The predicted molar refractivity (Wildman–Crippen MR) is 51.6 cm³/mol. The molecule has 0 aromatic heterocycles. The SMILES string of the molecule is CC#CCCNC(=O)C1COCCO1. The van der Waals surface area contributed by atoms with Crippen molar-refractivity contribution in [3.63, 3.8) is 0 Å². The lowest BCUT2D eigenvalue weighted by atomic mass is 10.3. The van der Waals surface area contributed by atoms with Crippen LogP contribution in [0.25, 0.3) is 0 Å². The van der Waals surface area contributed by atoms with E-state index in [1.165, 1.54) is 0 Å². The van der Waals surface area contributed by atoms with Crippen molar-refractivity contribution in [1.82, 2.24) is 5.32 Å². The summed E-state index contributed by atoms with van der Waals surface area (Å²) in [6, 6.07) is 0. The molecule has 0 saturated carbocycles. The van der Waals surface area contributed by atoms with Crippen LogP contribution < -0.4 is 5.32 Å². The molecule has 1 aliphatic rings. The van der Waals surface area contributed by atoms with Gasteiger partial charge in [0.15, 0.2) is 6.10 Å². The molecule has 14 heavy (non-hydrogen) atoms. The zero-order chi connectivity index (χ0) is 10.2. The standard InChI is InChI=1S/C10H15NO3/c1-2-3-4-5-11-10(12)9-8-13-6-7-14-9/h9H,4-8H2,1H3,(H,11,12).